The molecule has 10 nitrogen and oxygen atoms in total. The number of rotatable bonds is 8. The second-order valence-corrected chi connectivity index (χ2v) is 8.03. The van der Waals surface area contributed by atoms with Crippen LogP contribution in [-0.4, -0.2) is 48.0 Å². The average molecular weight is 427 g/mol. The molecule has 2 aromatic rings. The van der Waals surface area contributed by atoms with Crippen molar-refractivity contribution in [1.29, 1.82) is 0 Å². The van der Waals surface area contributed by atoms with Crippen molar-refractivity contribution < 1.29 is 30.0 Å². The minimum atomic E-state index is -4.17. The van der Waals surface area contributed by atoms with Gasteiger partial charge in [0.25, 0.3) is 0 Å². The number of nitrogens with zero attached hydrogens (tertiary/aromatic N) is 2. The highest BCUT2D eigenvalue weighted by atomic mass is 32.2. The first kappa shape index (κ1) is 21.3. The molecule has 0 bridgehead atoms. The SMILES string of the molecule is CN(C)/C=N/S(=O)(=O)Oc1ccc(C(=O)c2ccc(OS(N)(=O)=O)cc2)cc1. The quantitative estimate of drug-likeness (QED) is 0.368. The van der Waals surface area contributed by atoms with Crippen molar-refractivity contribution in [2.45, 2.75) is 0 Å². The Balaban J connectivity index is 2.11. The predicted molar refractivity (Wildman–Crippen MR) is 102 cm³/mol. The largest absolute Gasteiger partial charge is 0.429 e. The molecule has 0 saturated carbocycles. The van der Waals surface area contributed by atoms with Gasteiger partial charge in [-0.05, 0) is 48.5 Å². The monoisotopic (exact) mass is 427 g/mol. The molecule has 150 valence electrons. The minimum Gasteiger partial charge on any atom is -0.371 e. The summed E-state index contributed by atoms with van der Waals surface area (Å²) in [6, 6.07) is 10.7. The Labute approximate surface area is 162 Å². The van der Waals surface area contributed by atoms with E-state index >= 15 is 0 Å². The minimum absolute atomic E-state index is 0.00986. The Morgan fingerprint density at radius 3 is 1.71 bits per heavy atom. The van der Waals surface area contributed by atoms with Crippen LogP contribution in [0.3, 0.4) is 0 Å². The van der Waals surface area contributed by atoms with E-state index in [1.807, 2.05) is 0 Å². The summed E-state index contributed by atoms with van der Waals surface area (Å²) < 4.78 is 57.7. The van der Waals surface area contributed by atoms with Crippen LogP contribution in [0.15, 0.2) is 52.9 Å². The Kier molecular flexibility index (Phi) is 6.38. The number of hydrogen-bond donors (Lipinski definition) is 1. The van der Waals surface area contributed by atoms with Gasteiger partial charge in [0, 0.05) is 25.2 Å². The van der Waals surface area contributed by atoms with Gasteiger partial charge in [-0.25, -0.2) is 0 Å². The van der Waals surface area contributed by atoms with E-state index in [0.29, 0.717) is 0 Å². The Morgan fingerprint density at radius 2 is 1.32 bits per heavy atom. The van der Waals surface area contributed by atoms with E-state index < -0.39 is 20.6 Å². The standard InChI is InChI=1S/C16H17N3O7S2/c1-19(2)11-18-28(23,24)26-15-9-5-13(6-10-15)16(20)12-3-7-14(8-4-12)25-27(17,21)22/h3-11H,1-2H3,(H2,17,21,22)/b18-11+. The molecule has 0 aliphatic heterocycles. The molecule has 28 heavy (non-hydrogen) atoms. The van der Waals surface area contributed by atoms with Crippen molar-refractivity contribution in [3.8, 4) is 11.5 Å². The van der Waals surface area contributed by atoms with Crippen LogP contribution in [0.2, 0.25) is 0 Å². The third-order valence-corrected chi connectivity index (χ3v) is 4.23. The van der Waals surface area contributed by atoms with Gasteiger partial charge in [0.1, 0.15) is 17.8 Å². The molecule has 2 N–H and O–H groups in total. The lowest BCUT2D eigenvalue weighted by molar-refractivity contribution is 0.103. The van der Waals surface area contributed by atoms with E-state index in [2.05, 4.69) is 8.58 Å². The molecule has 0 aromatic heterocycles. The summed E-state index contributed by atoms with van der Waals surface area (Å²) in [6.45, 7) is 0. The highest BCUT2D eigenvalue weighted by Crippen LogP contribution is 2.19. The van der Waals surface area contributed by atoms with Gasteiger partial charge < -0.3 is 13.3 Å². The topological polar surface area (TPSA) is 145 Å². The maximum absolute atomic E-state index is 12.4. The zero-order chi connectivity index (χ0) is 20.9. The Morgan fingerprint density at radius 1 is 0.893 bits per heavy atom. The van der Waals surface area contributed by atoms with E-state index in [9.17, 15) is 21.6 Å². The summed E-state index contributed by atoms with van der Waals surface area (Å²) in [5.41, 5.74) is 0.528. The van der Waals surface area contributed by atoms with Crippen LogP contribution in [-0.2, 0) is 20.6 Å². The van der Waals surface area contributed by atoms with Gasteiger partial charge in [0.2, 0.25) is 0 Å². The molecule has 0 fully saturated rings. The second kappa shape index (κ2) is 8.37. The van der Waals surface area contributed by atoms with E-state index in [1.165, 1.54) is 53.4 Å². The summed E-state index contributed by atoms with van der Waals surface area (Å²) in [4.78, 5) is 13.9. The molecule has 2 rings (SSSR count). The number of nitrogens with two attached hydrogens (primary N) is 1. The van der Waals surface area contributed by atoms with Gasteiger partial charge in [-0.3, -0.25) is 4.79 Å². The number of benzene rings is 2. The van der Waals surface area contributed by atoms with Gasteiger partial charge in [0.05, 0.1) is 0 Å². The molecule has 0 atom stereocenters. The molecule has 12 heteroatoms. The molecule has 0 spiro atoms. The normalized spacial score (nSPS) is 12.0. The highest BCUT2D eigenvalue weighted by Gasteiger charge is 2.13. The number of carbonyl (C=O) groups is 1. The zero-order valence-electron chi connectivity index (χ0n) is 14.8. The van der Waals surface area contributed by atoms with Gasteiger partial charge in [0.15, 0.2) is 5.78 Å². The third-order valence-electron chi connectivity index (χ3n) is 3.05. The molecular weight excluding hydrogens is 410 g/mol. The number of ketones is 1. The number of hydrogen-bond acceptors (Lipinski definition) is 7. The zero-order valence-corrected chi connectivity index (χ0v) is 16.5. The number of carbonyl (C=O) groups excluding carboxylic acids is 1. The molecule has 0 unspecified atom stereocenters. The van der Waals surface area contributed by atoms with E-state index in [0.717, 1.165) is 6.34 Å². The summed E-state index contributed by atoms with van der Waals surface area (Å²) in [5.74, 6) is -0.419. The molecule has 0 heterocycles. The van der Waals surface area contributed by atoms with Crippen LogP contribution in [0.25, 0.3) is 0 Å². The van der Waals surface area contributed by atoms with Crippen LogP contribution in [0, 0.1) is 0 Å². The summed E-state index contributed by atoms with van der Waals surface area (Å²) in [5, 5.41) is 4.77. The van der Waals surface area contributed by atoms with Crippen LogP contribution >= 0.6 is 0 Å². The third kappa shape index (κ3) is 6.64. The fraction of sp³-hybridized carbons (Fsp3) is 0.125. The average Bonchev–Trinajstić information content (AvgIpc) is 2.59. The summed E-state index contributed by atoms with van der Waals surface area (Å²) in [6.07, 6.45) is 1.08. The molecule has 0 amide bonds. The van der Waals surface area contributed by atoms with Gasteiger partial charge in [-0.15, -0.1) is 4.40 Å². The van der Waals surface area contributed by atoms with Crippen LogP contribution in [0.4, 0.5) is 0 Å². The van der Waals surface area contributed by atoms with Crippen molar-refractivity contribution in [3.05, 3.63) is 59.7 Å². The van der Waals surface area contributed by atoms with E-state index in [-0.39, 0.29) is 28.4 Å². The van der Waals surface area contributed by atoms with Crippen LogP contribution in [0.1, 0.15) is 15.9 Å². The lowest BCUT2D eigenvalue weighted by Gasteiger charge is -2.06. The van der Waals surface area contributed by atoms with Crippen LogP contribution < -0.4 is 13.5 Å². The predicted octanol–water partition coefficient (Wildman–Crippen LogP) is 0.713. The van der Waals surface area contributed by atoms with Crippen molar-refractivity contribution >= 4 is 32.7 Å². The van der Waals surface area contributed by atoms with Gasteiger partial charge in [-0.1, -0.05) is 0 Å². The first-order valence-electron chi connectivity index (χ1n) is 7.58. The smallest absolute Gasteiger partial charge is 0.371 e. The van der Waals surface area contributed by atoms with E-state index in [1.54, 1.807) is 14.1 Å². The first-order chi connectivity index (χ1) is 13.0. The highest BCUT2D eigenvalue weighted by molar-refractivity contribution is 7.85. The lowest BCUT2D eigenvalue weighted by atomic mass is 10.0. The first-order valence-corrected chi connectivity index (χ1v) is 10.4. The molecule has 0 aliphatic carbocycles. The van der Waals surface area contributed by atoms with Gasteiger partial charge in [-0.2, -0.15) is 22.0 Å². The van der Waals surface area contributed by atoms with E-state index in [4.69, 9.17) is 9.32 Å². The Bertz CT molecular complexity index is 1080. The fourth-order valence-corrected chi connectivity index (χ4v) is 3.00. The van der Waals surface area contributed by atoms with Crippen LogP contribution in [0.5, 0.6) is 11.5 Å². The van der Waals surface area contributed by atoms with Crippen molar-refractivity contribution in [2.24, 2.45) is 9.54 Å². The molecule has 2 aromatic carbocycles. The maximum atomic E-state index is 12.4. The van der Waals surface area contributed by atoms with Crippen molar-refractivity contribution in [1.82, 2.24) is 4.90 Å². The molecule has 0 aliphatic rings. The van der Waals surface area contributed by atoms with Crippen molar-refractivity contribution in [2.75, 3.05) is 14.1 Å². The lowest BCUT2D eigenvalue weighted by Crippen LogP contribution is -2.18. The second-order valence-electron chi connectivity index (χ2n) is 5.65. The molecule has 0 saturated heterocycles. The summed E-state index contributed by atoms with van der Waals surface area (Å²) in [7, 11) is -5.11. The van der Waals surface area contributed by atoms with Gasteiger partial charge >= 0.3 is 20.6 Å². The maximum Gasteiger partial charge on any atom is 0.429 e. The summed E-state index contributed by atoms with van der Waals surface area (Å²) >= 11 is 0. The Hall–Kier alpha value is -2.96. The molecule has 0 radical (unpaired) electrons. The molecular formula is C16H17N3O7S2. The van der Waals surface area contributed by atoms with Crippen molar-refractivity contribution in [3.63, 3.8) is 0 Å². The fourth-order valence-electron chi connectivity index (χ4n) is 1.92.